The quantitative estimate of drug-likeness (QED) is 0.843. The molecule has 0 aliphatic rings. The van der Waals surface area contributed by atoms with Gasteiger partial charge in [-0.3, -0.25) is 0 Å². The van der Waals surface area contributed by atoms with Crippen molar-refractivity contribution < 1.29 is 0 Å². The SMILES string of the molecule is Cc1cc(C)nc(NCC(C)Sc2ccccc2)n1. The van der Waals surface area contributed by atoms with Crippen molar-refractivity contribution in [2.45, 2.75) is 30.9 Å². The predicted octanol–water partition coefficient (Wildman–Crippen LogP) is 3.69. The molecule has 3 nitrogen and oxygen atoms in total. The fourth-order valence-electron chi connectivity index (χ4n) is 1.81. The van der Waals surface area contributed by atoms with Crippen LogP contribution >= 0.6 is 11.8 Å². The van der Waals surface area contributed by atoms with Crippen LogP contribution in [0, 0.1) is 13.8 Å². The average molecular weight is 273 g/mol. The summed E-state index contributed by atoms with van der Waals surface area (Å²) >= 11 is 1.85. The Hall–Kier alpha value is -1.55. The third kappa shape index (κ3) is 4.56. The molecule has 4 heteroatoms. The fourth-order valence-corrected chi connectivity index (χ4v) is 2.76. The van der Waals surface area contributed by atoms with E-state index in [1.54, 1.807) is 0 Å². The highest BCUT2D eigenvalue weighted by Gasteiger charge is 2.05. The molecule has 100 valence electrons. The number of benzene rings is 1. The van der Waals surface area contributed by atoms with Crippen molar-refractivity contribution in [3.05, 3.63) is 47.8 Å². The summed E-state index contributed by atoms with van der Waals surface area (Å²) in [4.78, 5) is 10.1. The van der Waals surface area contributed by atoms with E-state index in [0.717, 1.165) is 23.9 Å². The first-order valence-electron chi connectivity index (χ1n) is 6.41. The lowest BCUT2D eigenvalue weighted by Crippen LogP contribution is -2.15. The van der Waals surface area contributed by atoms with Gasteiger partial charge in [0.05, 0.1) is 0 Å². The third-order valence-corrected chi connectivity index (χ3v) is 3.72. The van der Waals surface area contributed by atoms with E-state index in [0.29, 0.717) is 5.25 Å². The number of hydrogen-bond donors (Lipinski definition) is 1. The van der Waals surface area contributed by atoms with Crippen molar-refractivity contribution in [2.24, 2.45) is 0 Å². The predicted molar refractivity (Wildman–Crippen MR) is 81.8 cm³/mol. The van der Waals surface area contributed by atoms with Crippen molar-refractivity contribution in [3.63, 3.8) is 0 Å². The molecule has 0 saturated carbocycles. The van der Waals surface area contributed by atoms with Crippen LogP contribution in [-0.4, -0.2) is 21.8 Å². The second kappa shape index (κ2) is 6.57. The Labute approximate surface area is 118 Å². The van der Waals surface area contributed by atoms with Crippen LogP contribution in [-0.2, 0) is 0 Å². The van der Waals surface area contributed by atoms with Crippen molar-refractivity contribution in [1.29, 1.82) is 0 Å². The van der Waals surface area contributed by atoms with Crippen molar-refractivity contribution in [2.75, 3.05) is 11.9 Å². The largest absolute Gasteiger partial charge is 0.353 e. The zero-order valence-corrected chi connectivity index (χ0v) is 12.4. The zero-order chi connectivity index (χ0) is 13.7. The van der Waals surface area contributed by atoms with Crippen LogP contribution in [0.2, 0.25) is 0 Å². The first-order valence-corrected chi connectivity index (χ1v) is 7.29. The molecule has 0 amide bonds. The summed E-state index contributed by atoms with van der Waals surface area (Å²) in [5.41, 5.74) is 2.00. The van der Waals surface area contributed by atoms with Crippen molar-refractivity contribution in [3.8, 4) is 0 Å². The van der Waals surface area contributed by atoms with Gasteiger partial charge in [-0.1, -0.05) is 25.1 Å². The molecule has 0 saturated heterocycles. The second-order valence-corrected chi connectivity index (χ2v) is 6.11. The van der Waals surface area contributed by atoms with Crippen molar-refractivity contribution >= 4 is 17.7 Å². The maximum atomic E-state index is 4.38. The third-order valence-electron chi connectivity index (χ3n) is 2.61. The molecule has 1 heterocycles. The first kappa shape index (κ1) is 13.9. The van der Waals surface area contributed by atoms with E-state index in [1.807, 2.05) is 37.7 Å². The highest BCUT2D eigenvalue weighted by molar-refractivity contribution is 8.00. The summed E-state index contributed by atoms with van der Waals surface area (Å²) in [6, 6.07) is 12.4. The highest BCUT2D eigenvalue weighted by Crippen LogP contribution is 2.22. The number of aryl methyl sites for hydroxylation is 2. The molecule has 0 spiro atoms. The number of rotatable bonds is 5. The molecule has 1 unspecified atom stereocenters. The summed E-state index contributed by atoms with van der Waals surface area (Å²) < 4.78 is 0. The normalized spacial score (nSPS) is 12.2. The summed E-state index contributed by atoms with van der Waals surface area (Å²) in [6.45, 7) is 7.03. The Morgan fingerprint density at radius 3 is 2.37 bits per heavy atom. The van der Waals surface area contributed by atoms with E-state index >= 15 is 0 Å². The number of thioether (sulfide) groups is 1. The Balaban J connectivity index is 1.88. The molecule has 0 fully saturated rings. The van der Waals surface area contributed by atoms with Crippen LogP contribution in [0.25, 0.3) is 0 Å². The highest BCUT2D eigenvalue weighted by atomic mass is 32.2. The standard InChI is InChI=1S/C15H19N3S/c1-11-9-12(2)18-15(17-11)16-10-13(3)19-14-7-5-4-6-8-14/h4-9,13H,10H2,1-3H3,(H,16,17,18). The number of nitrogens with one attached hydrogen (secondary N) is 1. The van der Waals surface area contributed by atoms with Gasteiger partial charge in [-0.05, 0) is 32.0 Å². The van der Waals surface area contributed by atoms with E-state index in [9.17, 15) is 0 Å². The van der Waals surface area contributed by atoms with Crippen LogP contribution in [0.15, 0.2) is 41.3 Å². The molecule has 2 rings (SSSR count). The molecule has 1 atom stereocenters. The molecule has 1 N–H and O–H groups in total. The fraction of sp³-hybridized carbons (Fsp3) is 0.333. The van der Waals surface area contributed by atoms with Crippen LogP contribution < -0.4 is 5.32 Å². The van der Waals surface area contributed by atoms with Gasteiger partial charge in [-0.15, -0.1) is 11.8 Å². The van der Waals surface area contributed by atoms with Gasteiger partial charge in [0.1, 0.15) is 0 Å². The second-order valence-electron chi connectivity index (χ2n) is 4.60. The lowest BCUT2D eigenvalue weighted by Gasteiger charge is -2.12. The monoisotopic (exact) mass is 273 g/mol. The Morgan fingerprint density at radius 2 is 1.74 bits per heavy atom. The average Bonchev–Trinajstić information content (AvgIpc) is 2.36. The van der Waals surface area contributed by atoms with E-state index in [2.05, 4.69) is 46.5 Å². The molecular formula is C15H19N3S. The van der Waals surface area contributed by atoms with Gasteiger partial charge in [0.15, 0.2) is 0 Å². The molecule has 1 aromatic heterocycles. The smallest absolute Gasteiger partial charge is 0.223 e. The van der Waals surface area contributed by atoms with Crippen LogP contribution in [0.5, 0.6) is 0 Å². The maximum absolute atomic E-state index is 4.38. The zero-order valence-electron chi connectivity index (χ0n) is 11.6. The molecule has 0 aliphatic heterocycles. The lowest BCUT2D eigenvalue weighted by molar-refractivity contribution is 0.951. The molecule has 0 radical (unpaired) electrons. The number of nitrogens with zero attached hydrogens (tertiary/aromatic N) is 2. The minimum absolute atomic E-state index is 0.465. The van der Waals surface area contributed by atoms with Gasteiger partial charge < -0.3 is 5.32 Å². The summed E-state index contributed by atoms with van der Waals surface area (Å²) in [5, 5.41) is 3.77. The summed E-state index contributed by atoms with van der Waals surface area (Å²) in [5.74, 6) is 0.720. The number of aromatic nitrogens is 2. The molecule has 0 bridgehead atoms. The Kier molecular flexibility index (Phi) is 4.80. The summed E-state index contributed by atoms with van der Waals surface area (Å²) in [7, 11) is 0. The van der Waals surface area contributed by atoms with Crippen molar-refractivity contribution in [1.82, 2.24) is 9.97 Å². The summed E-state index contributed by atoms with van der Waals surface area (Å²) in [6.07, 6.45) is 0. The Morgan fingerprint density at radius 1 is 1.11 bits per heavy atom. The van der Waals surface area contributed by atoms with Gasteiger partial charge in [0.2, 0.25) is 5.95 Å². The van der Waals surface area contributed by atoms with Crippen LogP contribution in [0.4, 0.5) is 5.95 Å². The Bertz CT molecular complexity index is 508. The number of hydrogen-bond acceptors (Lipinski definition) is 4. The minimum Gasteiger partial charge on any atom is -0.353 e. The van der Waals surface area contributed by atoms with Gasteiger partial charge in [-0.25, -0.2) is 9.97 Å². The molecular weight excluding hydrogens is 254 g/mol. The topological polar surface area (TPSA) is 37.8 Å². The van der Waals surface area contributed by atoms with Crippen LogP contribution in [0.1, 0.15) is 18.3 Å². The van der Waals surface area contributed by atoms with E-state index in [1.165, 1.54) is 4.90 Å². The van der Waals surface area contributed by atoms with Gasteiger partial charge in [0, 0.05) is 28.1 Å². The first-order chi connectivity index (χ1) is 9.13. The van der Waals surface area contributed by atoms with Gasteiger partial charge in [0.25, 0.3) is 0 Å². The van der Waals surface area contributed by atoms with Gasteiger partial charge >= 0.3 is 0 Å². The lowest BCUT2D eigenvalue weighted by atomic mass is 10.3. The molecule has 2 aromatic rings. The van der Waals surface area contributed by atoms with E-state index < -0.39 is 0 Å². The molecule has 0 aliphatic carbocycles. The van der Waals surface area contributed by atoms with Gasteiger partial charge in [-0.2, -0.15) is 0 Å². The number of anilines is 1. The maximum Gasteiger partial charge on any atom is 0.223 e. The molecule has 19 heavy (non-hydrogen) atoms. The molecule has 1 aromatic carbocycles. The minimum atomic E-state index is 0.465. The van der Waals surface area contributed by atoms with E-state index in [4.69, 9.17) is 0 Å². The van der Waals surface area contributed by atoms with E-state index in [-0.39, 0.29) is 0 Å². The van der Waals surface area contributed by atoms with Crippen LogP contribution in [0.3, 0.4) is 0 Å².